The molecule has 0 bridgehead atoms. The zero-order chi connectivity index (χ0) is 20.3. The van der Waals surface area contributed by atoms with Crippen LogP contribution in [0.4, 0.5) is 5.00 Å². The van der Waals surface area contributed by atoms with Crippen LogP contribution >= 0.6 is 11.3 Å². The first kappa shape index (κ1) is 21.4. The zero-order valence-corrected chi connectivity index (χ0v) is 17.4. The van der Waals surface area contributed by atoms with E-state index in [9.17, 15) is 14.4 Å². The molecule has 0 radical (unpaired) electrons. The number of amides is 2. The lowest BCUT2D eigenvalue weighted by molar-refractivity contribution is -0.117. The van der Waals surface area contributed by atoms with E-state index in [1.807, 2.05) is 0 Å². The predicted molar refractivity (Wildman–Crippen MR) is 106 cm³/mol. The number of thiophene rings is 1. The molecule has 8 heteroatoms. The molecular formula is C19H29N3O4S. The summed E-state index contributed by atoms with van der Waals surface area (Å²) < 4.78 is 5.26. The van der Waals surface area contributed by atoms with Gasteiger partial charge in [-0.25, -0.2) is 4.79 Å². The summed E-state index contributed by atoms with van der Waals surface area (Å²) in [5, 5.41) is 3.10. The second-order valence-corrected chi connectivity index (χ2v) is 8.79. The highest BCUT2D eigenvalue weighted by atomic mass is 32.1. The Hall–Kier alpha value is -1.93. The van der Waals surface area contributed by atoms with Crippen molar-refractivity contribution < 1.29 is 19.1 Å². The predicted octanol–water partition coefficient (Wildman–Crippen LogP) is 2.64. The molecule has 7 nitrogen and oxygen atoms in total. The van der Waals surface area contributed by atoms with Crippen LogP contribution in [0.3, 0.4) is 0 Å². The maximum absolute atomic E-state index is 12.6. The summed E-state index contributed by atoms with van der Waals surface area (Å²) in [5.41, 5.74) is 6.05. The Morgan fingerprint density at radius 2 is 1.85 bits per heavy atom. The first-order valence-corrected chi connectivity index (χ1v) is 10.1. The quantitative estimate of drug-likeness (QED) is 0.721. The summed E-state index contributed by atoms with van der Waals surface area (Å²) in [6.45, 7) is 11.5. The van der Waals surface area contributed by atoms with Gasteiger partial charge < -0.3 is 15.8 Å². The fourth-order valence-electron chi connectivity index (χ4n) is 3.65. The molecule has 0 aliphatic carbocycles. The normalized spacial score (nSPS) is 20.5. The molecule has 0 spiro atoms. The van der Waals surface area contributed by atoms with E-state index in [0.717, 1.165) is 30.8 Å². The topological polar surface area (TPSA) is 102 Å². The Morgan fingerprint density at radius 3 is 2.37 bits per heavy atom. The van der Waals surface area contributed by atoms with Crippen LogP contribution in [-0.2, 0) is 9.53 Å². The van der Waals surface area contributed by atoms with Crippen LogP contribution in [0.2, 0.25) is 0 Å². The van der Waals surface area contributed by atoms with Gasteiger partial charge in [0, 0.05) is 13.1 Å². The van der Waals surface area contributed by atoms with E-state index in [2.05, 4.69) is 24.1 Å². The van der Waals surface area contributed by atoms with E-state index in [-0.39, 0.29) is 29.0 Å². The SMILES string of the molecule is Cc1c(C(N)=O)sc(NC(=O)CN2C[C@H](C)C[C@@H](C)C2)c1C(=O)OC(C)C. The average molecular weight is 396 g/mol. The number of carbonyl (C=O) groups is 3. The number of esters is 1. The van der Waals surface area contributed by atoms with Crippen molar-refractivity contribution in [3.63, 3.8) is 0 Å². The van der Waals surface area contributed by atoms with Crippen LogP contribution in [0.5, 0.6) is 0 Å². The molecule has 3 N–H and O–H groups in total. The molecule has 2 amide bonds. The van der Waals surface area contributed by atoms with Crippen LogP contribution in [0, 0.1) is 18.8 Å². The summed E-state index contributed by atoms with van der Waals surface area (Å²) in [7, 11) is 0. The van der Waals surface area contributed by atoms with Gasteiger partial charge in [-0.15, -0.1) is 11.3 Å². The second kappa shape index (κ2) is 8.84. The van der Waals surface area contributed by atoms with Crippen molar-refractivity contribution in [2.45, 2.75) is 47.1 Å². The standard InChI is InChI=1S/C19H29N3O4S/c1-10(2)26-19(25)15-13(5)16(17(20)24)27-18(15)21-14(23)9-22-7-11(3)6-12(4)8-22/h10-12H,6-9H2,1-5H3,(H2,20,24)(H,21,23)/t11-,12-/m1/s1. The summed E-state index contributed by atoms with van der Waals surface area (Å²) in [6.07, 6.45) is 0.851. The fraction of sp³-hybridized carbons (Fsp3) is 0.632. The van der Waals surface area contributed by atoms with Crippen molar-refractivity contribution in [2.24, 2.45) is 17.6 Å². The van der Waals surface area contributed by atoms with Gasteiger partial charge in [0.15, 0.2) is 0 Å². The molecule has 2 atom stereocenters. The lowest BCUT2D eigenvalue weighted by Gasteiger charge is -2.34. The number of likely N-dealkylation sites (tertiary alicyclic amines) is 1. The lowest BCUT2D eigenvalue weighted by Crippen LogP contribution is -2.42. The number of carbonyl (C=O) groups excluding carboxylic acids is 3. The minimum atomic E-state index is -0.629. The lowest BCUT2D eigenvalue weighted by atomic mass is 9.92. The van der Waals surface area contributed by atoms with E-state index < -0.39 is 11.9 Å². The molecule has 1 aromatic rings. The van der Waals surface area contributed by atoms with Gasteiger partial charge in [0.25, 0.3) is 5.91 Å². The van der Waals surface area contributed by atoms with Gasteiger partial charge in [0.1, 0.15) is 5.00 Å². The number of anilines is 1. The summed E-state index contributed by atoms with van der Waals surface area (Å²) >= 11 is 1.02. The minimum absolute atomic E-state index is 0.205. The van der Waals surface area contributed by atoms with Gasteiger partial charge in [-0.05, 0) is 44.6 Å². The zero-order valence-electron chi connectivity index (χ0n) is 16.6. The average Bonchev–Trinajstić information content (AvgIpc) is 2.81. The van der Waals surface area contributed by atoms with E-state index >= 15 is 0 Å². The number of hydrogen-bond donors (Lipinski definition) is 2. The van der Waals surface area contributed by atoms with Gasteiger partial charge in [-0.1, -0.05) is 13.8 Å². The number of nitrogens with zero attached hydrogens (tertiary/aromatic N) is 1. The van der Waals surface area contributed by atoms with Crippen LogP contribution in [-0.4, -0.2) is 48.4 Å². The van der Waals surface area contributed by atoms with Gasteiger partial charge >= 0.3 is 5.97 Å². The summed E-state index contributed by atoms with van der Waals surface area (Å²) in [5.74, 6) is -0.323. The summed E-state index contributed by atoms with van der Waals surface area (Å²) in [6, 6.07) is 0. The third-order valence-corrected chi connectivity index (χ3v) is 5.70. The van der Waals surface area contributed by atoms with Gasteiger partial charge in [-0.2, -0.15) is 0 Å². The fourth-order valence-corrected chi connectivity index (χ4v) is 4.71. The minimum Gasteiger partial charge on any atom is -0.459 e. The van der Waals surface area contributed by atoms with E-state index in [4.69, 9.17) is 10.5 Å². The molecule has 150 valence electrons. The van der Waals surface area contributed by atoms with E-state index in [1.54, 1.807) is 20.8 Å². The number of nitrogens with one attached hydrogen (secondary N) is 1. The number of nitrogens with two attached hydrogens (primary N) is 1. The van der Waals surface area contributed by atoms with Crippen LogP contribution in [0.1, 0.15) is 59.7 Å². The van der Waals surface area contributed by atoms with Crippen molar-refractivity contribution in [1.82, 2.24) is 4.90 Å². The largest absolute Gasteiger partial charge is 0.459 e. The molecule has 0 unspecified atom stereocenters. The van der Waals surface area contributed by atoms with E-state index in [0.29, 0.717) is 22.4 Å². The molecule has 1 aromatic heterocycles. The number of hydrogen-bond acceptors (Lipinski definition) is 6. The van der Waals surface area contributed by atoms with Crippen molar-refractivity contribution in [2.75, 3.05) is 25.0 Å². The summed E-state index contributed by atoms with van der Waals surface area (Å²) in [4.78, 5) is 39.1. The maximum Gasteiger partial charge on any atom is 0.341 e. The van der Waals surface area contributed by atoms with Gasteiger partial charge in [0.05, 0.1) is 23.1 Å². The Balaban J connectivity index is 2.18. The molecular weight excluding hydrogens is 366 g/mol. The highest BCUT2D eigenvalue weighted by molar-refractivity contribution is 7.18. The first-order chi connectivity index (χ1) is 12.6. The monoisotopic (exact) mass is 395 g/mol. The van der Waals surface area contributed by atoms with Gasteiger partial charge in [-0.3, -0.25) is 14.5 Å². The van der Waals surface area contributed by atoms with Crippen LogP contribution < -0.4 is 11.1 Å². The second-order valence-electron chi connectivity index (χ2n) is 7.77. The highest BCUT2D eigenvalue weighted by Gasteiger charge is 2.28. The number of piperidine rings is 1. The van der Waals surface area contributed by atoms with Crippen LogP contribution in [0.25, 0.3) is 0 Å². The molecule has 2 rings (SSSR count). The van der Waals surface area contributed by atoms with Crippen molar-refractivity contribution >= 4 is 34.1 Å². The van der Waals surface area contributed by atoms with E-state index in [1.165, 1.54) is 0 Å². The van der Waals surface area contributed by atoms with Crippen molar-refractivity contribution in [3.8, 4) is 0 Å². The van der Waals surface area contributed by atoms with Crippen LogP contribution in [0.15, 0.2) is 0 Å². The smallest absolute Gasteiger partial charge is 0.341 e. The third kappa shape index (κ3) is 5.52. The number of rotatable bonds is 6. The Kier molecular flexibility index (Phi) is 7.00. The molecule has 1 saturated heterocycles. The third-order valence-electron chi connectivity index (χ3n) is 4.48. The molecule has 2 heterocycles. The molecule has 27 heavy (non-hydrogen) atoms. The molecule has 0 saturated carbocycles. The molecule has 1 aliphatic rings. The number of ether oxygens (including phenoxy) is 1. The number of primary amides is 1. The van der Waals surface area contributed by atoms with Crippen molar-refractivity contribution in [3.05, 3.63) is 16.0 Å². The molecule has 1 aliphatic heterocycles. The highest BCUT2D eigenvalue weighted by Crippen LogP contribution is 2.34. The molecule has 0 aromatic carbocycles. The Morgan fingerprint density at radius 1 is 1.26 bits per heavy atom. The Bertz CT molecular complexity index is 719. The maximum atomic E-state index is 12.6. The van der Waals surface area contributed by atoms with Crippen molar-refractivity contribution in [1.29, 1.82) is 0 Å². The first-order valence-electron chi connectivity index (χ1n) is 9.24. The molecule has 1 fully saturated rings. The Labute approximate surface area is 164 Å². The van der Waals surface area contributed by atoms with Gasteiger partial charge in [0.2, 0.25) is 5.91 Å².